The molecule has 0 fully saturated rings. The Hall–Kier alpha value is -0.570. The average molecular weight is 216 g/mol. The molecule has 0 bridgehead atoms. The van der Waals surface area contributed by atoms with E-state index in [9.17, 15) is 0 Å². The number of aryl methyl sites for hydroxylation is 1. The van der Waals surface area contributed by atoms with E-state index in [1.54, 1.807) is 0 Å². The highest BCUT2D eigenvalue weighted by molar-refractivity contribution is 6.20. The summed E-state index contributed by atoms with van der Waals surface area (Å²) in [5, 5.41) is 7.96. The van der Waals surface area contributed by atoms with Gasteiger partial charge in [0.1, 0.15) is 5.69 Å². The fraction of sp³-hybridized carbons (Fsp3) is 0.800. The van der Waals surface area contributed by atoms with Crippen molar-refractivity contribution in [3.8, 4) is 0 Å². The molecule has 80 valence electrons. The summed E-state index contributed by atoms with van der Waals surface area (Å²) in [4.78, 5) is 0. The van der Waals surface area contributed by atoms with Crippen LogP contribution in [0.1, 0.15) is 44.7 Å². The Balaban J connectivity index is 2.36. The van der Waals surface area contributed by atoms with E-state index in [1.807, 2.05) is 17.8 Å². The predicted octanol–water partition coefficient (Wildman–Crippen LogP) is 3.01. The molecule has 0 N–H and O–H groups in total. The molecule has 0 saturated carbocycles. The van der Waals surface area contributed by atoms with Gasteiger partial charge in [-0.25, -0.2) is 0 Å². The van der Waals surface area contributed by atoms with Gasteiger partial charge in [-0.2, -0.15) is 0 Å². The highest BCUT2D eigenvalue weighted by Gasteiger charge is 2.06. The SMILES string of the molecule is CC(C)CCCn1cc(C(C)Cl)nn1. The third-order valence-electron chi connectivity index (χ3n) is 2.13. The average Bonchev–Trinajstić information content (AvgIpc) is 2.52. The van der Waals surface area contributed by atoms with Crippen LogP contribution in [0.25, 0.3) is 0 Å². The normalized spacial score (nSPS) is 13.5. The van der Waals surface area contributed by atoms with Crippen molar-refractivity contribution in [1.82, 2.24) is 15.0 Å². The fourth-order valence-electron chi connectivity index (χ4n) is 1.27. The van der Waals surface area contributed by atoms with Gasteiger partial charge in [-0.3, -0.25) is 4.68 Å². The molecule has 1 aromatic heterocycles. The number of alkyl halides is 1. The Morgan fingerprint density at radius 3 is 2.64 bits per heavy atom. The molecule has 1 heterocycles. The van der Waals surface area contributed by atoms with Crippen molar-refractivity contribution >= 4 is 11.6 Å². The maximum absolute atomic E-state index is 5.89. The summed E-state index contributed by atoms with van der Waals surface area (Å²) in [7, 11) is 0. The minimum Gasteiger partial charge on any atom is -0.252 e. The lowest BCUT2D eigenvalue weighted by Gasteiger charge is -2.03. The predicted molar refractivity (Wildman–Crippen MR) is 58.4 cm³/mol. The molecule has 1 unspecified atom stereocenters. The van der Waals surface area contributed by atoms with Crippen LogP contribution in [0.2, 0.25) is 0 Å². The van der Waals surface area contributed by atoms with Gasteiger partial charge in [-0.15, -0.1) is 16.7 Å². The highest BCUT2D eigenvalue weighted by atomic mass is 35.5. The summed E-state index contributed by atoms with van der Waals surface area (Å²) in [6.07, 6.45) is 4.31. The van der Waals surface area contributed by atoms with Crippen molar-refractivity contribution in [3.63, 3.8) is 0 Å². The molecular weight excluding hydrogens is 198 g/mol. The molecule has 1 atom stereocenters. The van der Waals surface area contributed by atoms with Crippen LogP contribution >= 0.6 is 11.6 Å². The summed E-state index contributed by atoms with van der Waals surface area (Å²) in [5.74, 6) is 0.755. The molecule has 0 saturated heterocycles. The van der Waals surface area contributed by atoms with Gasteiger partial charge in [0.25, 0.3) is 0 Å². The first-order valence-corrected chi connectivity index (χ1v) is 5.57. The van der Waals surface area contributed by atoms with E-state index < -0.39 is 0 Å². The molecule has 0 aliphatic carbocycles. The van der Waals surface area contributed by atoms with Crippen LogP contribution in [0, 0.1) is 5.92 Å². The topological polar surface area (TPSA) is 30.7 Å². The van der Waals surface area contributed by atoms with Gasteiger partial charge in [0.15, 0.2) is 0 Å². The van der Waals surface area contributed by atoms with Gasteiger partial charge in [-0.05, 0) is 25.7 Å². The Bertz CT molecular complexity index is 268. The monoisotopic (exact) mass is 215 g/mol. The largest absolute Gasteiger partial charge is 0.252 e. The molecule has 0 radical (unpaired) electrons. The number of nitrogens with zero attached hydrogens (tertiary/aromatic N) is 3. The lowest BCUT2D eigenvalue weighted by molar-refractivity contribution is 0.482. The third-order valence-corrected chi connectivity index (χ3v) is 2.36. The molecule has 1 rings (SSSR count). The van der Waals surface area contributed by atoms with Crippen LogP contribution in [0.3, 0.4) is 0 Å². The standard InChI is InChI=1S/C10H18ClN3/c1-8(2)5-4-6-14-7-10(9(3)11)12-13-14/h7-9H,4-6H2,1-3H3. The number of rotatable bonds is 5. The lowest BCUT2D eigenvalue weighted by Crippen LogP contribution is -2.00. The molecule has 3 nitrogen and oxygen atoms in total. The summed E-state index contributed by atoms with van der Waals surface area (Å²) < 4.78 is 1.87. The number of aromatic nitrogens is 3. The quantitative estimate of drug-likeness (QED) is 0.707. The Morgan fingerprint density at radius 1 is 1.43 bits per heavy atom. The van der Waals surface area contributed by atoms with Crippen molar-refractivity contribution in [3.05, 3.63) is 11.9 Å². The number of hydrogen-bond donors (Lipinski definition) is 0. The van der Waals surface area contributed by atoms with Gasteiger partial charge in [-0.1, -0.05) is 19.1 Å². The van der Waals surface area contributed by atoms with Crippen molar-refractivity contribution < 1.29 is 0 Å². The van der Waals surface area contributed by atoms with E-state index in [0.29, 0.717) is 0 Å². The van der Waals surface area contributed by atoms with E-state index >= 15 is 0 Å². The van der Waals surface area contributed by atoms with Gasteiger partial charge >= 0.3 is 0 Å². The maximum atomic E-state index is 5.89. The van der Waals surface area contributed by atoms with Crippen LogP contribution < -0.4 is 0 Å². The Kier molecular flexibility index (Phi) is 4.39. The van der Waals surface area contributed by atoms with Crippen molar-refractivity contribution in [2.75, 3.05) is 0 Å². The van der Waals surface area contributed by atoms with Gasteiger partial charge in [0.05, 0.1) is 5.38 Å². The molecular formula is C10H18ClN3. The first-order valence-electron chi connectivity index (χ1n) is 5.13. The second-order valence-corrected chi connectivity index (χ2v) is 4.71. The second-order valence-electron chi connectivity index (χ2n) is 4.06. The molecule has 14 heavy (non-hydrogen) atoms. The van der Waals surface area contributed by atoms with Crippen LogP contribution in [-0.4, -0.2) is 15.0 Å². The van der Waals surface area contributed by atoms with Crippen molar-refractivity contribution in [2.45, 2.75) is 45.5 Å². The van der Waals surface area contributed by atoms with E-state index in [-0.39, 0.29) is 5.38 Å². The summed E-state index contributed by atoms with van der Waals surface area (Å²) in [5.41, 5.74) is 0.858. The van der Waals surface area contributed by atoms with Crippen LogP contribution in [0.4, 0.5) is 0 Å². The zero-order valence-electron chi connectivity index (χ0n) is 9.07. The zero-order valence-corrected chi connectivity index (χ0v) is 9.83. The van der Waals surface area contributed by atoms with Crippen molar-refractivity contribution in [2.24, 2.45) is 5.92 Å². The molecule has 0 amide bonds. The zero-order chi connectivity index (χ0) is 10.6. The summed E-state index contributed by atoms with van der Waals surface area (Å²) in [6.45, 7) is 7.31. The van der Waals surface area contributed by atoms with Gasteiger partial charge in [0, 0.05) is 12.7 Å². The van der Waals surface area contributed by atoms with E-state index in [1.165, 1.54) is 6.42 Å². The first-order chi connectivity index (χ1) is 6.59. The van der Waals surface area contributed by atoms with E-state index in [0.717, 1.165) is 24.6 Å². The minimum absolute atomic E-state index is 0.0474. The van der Waals surface area contributed by atoms with Crippen LogP contribution in [-0.2, 0) is 6.54 Å². The molecule has 0 spiro atoms. The van der Waals surface area contributed by atoms with E-state index in [4.69, 9.17) is 11.6 Å². The smallest absolute Gasteiger partial charge is 0.100 e. The van der Waals surface area contributed by atoms with E-state index in [2.05, 4.69) is 24.2 Å². The van der Waals surface area contributed by atoms with Crippen molar-refractivity contribution in [1.29, 1.82) is 0 Å². The minimum atomic E-state index is -0.0474. The second kappa shape index (κ2) is 5.35. The number of hydrogen-bond acceptors (Lipinski definition) is 2. The summed E-state index contributed by atoms with van der Waals surface area (Å²) >= 11 is 5.89. The van der Waals surface area contributed by atoms with Crippen LogP contribution in [0.5, 0.6) is 0 Å². The molecule has 0 aliphatic rings. The summed E-state index contributed by atoms with van der Waals surface area (Å²) in [6, 6.07) is 0. The Morgan fingerprint density at radius 2 is 2.14 bits per heavy atom. The van der Waals surface area contributed by atoms with Gasteiger partial charge < -0.3 is 0 Å². The third kappa shape index (κ3) is 3.66. The number of halogens is 1. The fourth-order valence-corrected chi connectivity index (χ4v) is 1.37. The molecule has 4 heteroatoms. The molecule has 0 aliphatic heterocycles. The first kappa shape index (κ1) is 11.5. The molecule has 0 aromatic carbocycles. The highest BCUT2D eigenvalue weighted by Crippen LogP contribution is 2.15. The maximum Gasteiger partial charge on any atom is 0.100 e. The van der Waals surface area contributed by atoms with Gasteiger partial charge in [0.2, 0.25) is 0 Å². The van der Waals surface area contributed by atoms with Crippen LogP contribution in [0.15, 0.2) is 6.20 Å². The Labute approximate surface area is 90.4 Å². The molecule has 1 aromatic rings. The lowest BCUT2D eigenvalue weighted by atomic mass is 10.1.